The number of nitrogens with zero attached hydrogens (tertiary/aromatic N) is 2. The van der Waals surface area contributed by atoms with Crippen LogP contribution in [0.15, 0.2) is 18.2 Å². The quantitative estimate of drug-likeness (QED) is 0.939. The van der Waals surface area contributed by atoms with Gasteiger partial charge in [0.25, 0.3) is 0 Å². The monoisotopic (exact) mass is 281 g/mol. The Hall–Kier alpha value is -1.33. The summed E-state index contributed by atoms with van der Waals surface area (Å²) in [5.41, 5.74) is 2.42. The average Bonchev–Trinajstić information content (AvgIpc) is 2.82. The molecule has 0 unspecified atom stereocenters. The number of ether oxygens (including phenoxy) is 1. The minimum absolute atomic E-state index is 0.405. The molecule has 2 aromatic rings. The lowest BCUT2D eigenvalue weighted by Gasteiger charge is -2.20. The van der Waals surface area contributed by atoms with E-state index in [1.807, 2.05) is 12.1 Å². The average molecular weight is 282 g/mol. The van der Waals surface area contributed by atoms with Crippen molar-refractivity contribution in [3.05, 3.63) is 33.2 Å². The number of anilines is 1. The Labute approximate surface area is 114 Å². The van der Waals surface area contributed by atoms with Gasteiger partial charge in [-0.2, -0.15) is 0 Å². The van der Waals surface area contributed by atoms with Crippen LogP contribution >= 0.6 is 22.9 Å². The van der Waals surface area contributed by atoms with Gasteiger partial charge in [0.05, 0.1) is 5.69 Å². The molecule has 94 valence electrons. The normalized spacial score (nSPS) is 13.8. The second-order valence-electron chi connectivity index (χ2n) is 4.06. The Morgan fingerprint density at radius 3 is 3.17 bits per heavy atom. The summed E-state index contributed by atoms with van der Waals surface area (Å²) >= 11 is 7.08. The maximum absolute atomic E-state index is 5.79. The Morgan fingerprint density at radius 2 is 2.33 bits per heavy atom. The molecule has 1 aliphatic rings. The van der Waals surface area contributed by atoms with Gasteiger partial charge in [0, 0.05) is 6.54 Å². The number of fused-ring (bicyclic) bond motifs is 1. The maximum Gasteiger partial charge on any atom is 0.207 e. The van der Waals surface area contributed by atoms with Crippen LogP contribution in [0.2, 0.25) is 4.47 Å². The van der Waals surface area contributed by atoms with Crippen LogP contribution in [0.5, 0.6) is 5.75 Å². The molecule has 0 bridgehead atoms. The second-order valence-corrected chi connectivity index (χ2v) is 5.70. The lowest BCUT2D eigenvalue weighted by molar-refractivity contribution is 0.305. The molecular weight excluding hydrogens is 270 g/mol. The molecule has 3 rings (SSSR count). The molecule has 18 heavy (non-hydrogen) atoms. The zero-order valence-corrected chi connectivity index (χ0v) is 11.2. The van der Waals surface area contributed by atoms with E-state index in [4.69, 9.17) is 16.3 Å². The minimum Gasteiger partial charge on any atom is -0.484 e. The van der Waals surface area contributed by atoms with Crippen LogP contribution in [-0.2, 0) is 13.0 Å². The van der Waals surface area contributed by atoms with Gasteiger partial charge in [-0.3, -0.25) is 0 Å². The summed E-state index contributed by atoms with van der Waals surface area (Å²) in [4.78, 5) is 0. The van der Waals surface area contributed by atoms with Gasteiger partial charge in [-0.05, 0) is 36.1 Å². The molecule has 0 saturated carbocycles. The topological polar surface area (TPSA) is 47.0 Å². The van der Waals surface area contributed by atoms with Gasteiger partial charge in [-0.1, -0.05) is 23.5 Å². The van der Waals surface area contributed by atoms with Crippen LogP contribution < -0.4 is 10.1 Å². The van der Waals surface area contributed by atoms with Crippen LogP contribution in [0.25, 0.3) is 0 Å². The highest BCUT2D eigenvalue weighted by molar-refractivity contribution is 7.15. The molecule has 0 spiro atoms. The number of hydrogen-bond donors (Lipinski definition) is 1. The van der Waals surface area contributed by atoms with Crippen LogP contribution in [0.3, 0.4) is 0 Å². The molecule has 2 heterocycles. The van der Waals surface area contributed by atoms with Gasteiger partial charge in [-0.15, -0.1) is 10.2 Å². The fraction of sp³-hybridized carbons (Fsp3) is 0.333. The van der Waals surface area contributed by atoms with E-state index in [-0.39, 0.29) is 0 Å². The molecule has 0 saturated heterocycles. The van der Waals surface area contributed by atoms with Gasteiger partial charge in [0.1, 0.15) is 12.4 Å². The van der Waals surface area contributed by atoms with Crippen molar-refractivity contribution in [1.82, 2.24) is 10.2 Å². The summed E-state index contributed by atoms with van der Waals surface area (Å²) in [5.74, 6) is 0.874. The van der Waals surface area contributed by atoms with E-state index >= 15 is 0 Å². The summed E-state index contributed by atoms with van der Waals surface area (Å²) in [6, 6.07) is 6.13. The van der Waals surface area contributed by atoms with Crippen LogP contribution in [-0.4, -0.2) is 16.7 Å². The van der Waals surface area contributed by atoms with E-state index in [2.05, 4.69) is 21.6 Å². The number of benzene rings is 1. The molecule has 0 aliphatic carbocycles. The van der Waals surface area contributed by atoms with Crippen molar-refractivity contribution >= 4 is 28.6 Å². The Morgan fingerprint density at radius 1 is 1.39 bits per heavy atom. The third-order valence-corrected chi connectivity index (χ3v) is 3.82. The molecule has 0 atom stereocenters. The van der Waals surface area contributed by atoms with Crippen LogP contribution in [0, 0.1) is 0 Å². The molecule has 6 heteroatoms. The predicted molar refractivity (Wildman–Crippen MR) is 72.5 cm³/mol. The predicted octanol–water partition coefficient (Wildman–Crippen LogP) is 3.13. The highest BCUT2D eigenvalue weighted by Gasteiger charge is 2.13. The maximum atomic E-state index is 5.79. The van der Waals surface area contributed by atoms with Crippen LogP contribution in [0.4, 0.5) is 5.69 Å². The Balaban J connectivity index is 1.76. The van der Waals surface area contributed by atoms with Gasteiger partial charge in [-0.25, -0.2) is 0 Å². The molecule has 1 N–H and O–H groups in total. The van der Waals surface area contributed by atoms with E-state index in [1.54, 1.807) is 0 Å². The summed E-state index contributed by atoms with van der Waals surface area (Å²) in [5, 5.41) is 11.9. The number of nitrogens with one attached hydrogen (secondary N) is 1. The van der Waals surface area contributed by atoms with Crippen LogP contribution in [0.1, 0.15) is 17.0 Å². The van der Waals surface area contributed by atoms with E-state index in [9.17, 15) is 0 Å². The van der Waals surface area contributed by atoms with E-state index < -0.39 is 0 Å². The highest BCUT2D eigenvalue weighted by atomic mass is 35.5. The van der Waals surface area contributed by atoms with Crippen molar-refractivity contribution in [2.24, 2.45) is 0 Å². The Kier molecular flexibility index (Phi) is 3.34. The number of rotatable bonds is 3. The third kappa shape index (κ3) is 2.42. The van der Waals surface area contributed by atoms with Gasteiger partial charge >= 0.3 is 0 Å². The molecular formula is C12H12ClN3OS. The zero-order chi connectivity index (χ0) is 12.4. The summed E-state index contributed by atoms with van der Waals surface area (Å²) in [6.45, 7) is 1.40. The van der Waals surface area contributed by atoms with Gasteiger partial charge in [0.15, 0.2) is 5.01 Å². The summed E-state index contributed by atoms with van der Waals surface area (Å²) < 4.78 is 6.24. The lowest BCUT2D eigenvalue weighted by atomic mass is 10.0. The van der Waals surface area contributed by atoms with Crippen molar-refractivity contribution in [3.8, 4) is 5.75 Å². The molecule has 0 radical (unpaired) electrons. The molecule has 4 nitrogen and oxygen atoms in total. The van der Waals surface area contributed by atoms with E-state index in [1.165, 1.54) is 23.3 Å². The van der Waals surface area contributed by atoms with Crippen molar-refractivity contribution in [2.45, 2.75) is 19.4 Å². The first-order valence-corrected chi connectivity index (χ1v) is 6.99. The Bertz CT molecular complexity index is 558. The summed E-state index contributed by atoms with van der Waals surface area (Å²) in [7, 11) is 0. The molecule has 1 aromatic carbocycles. The standard InChI is InChI=1S/C12H12ClN3OS/c13-12-16-15-10(18-12)7-17-9-5-1-3-8-4-2-6-14-11(8)9/h1,3,5,14H,2,4,6-7H2. The van der Waals surface area contributed by atoms with E-state index in [0.717, 1.165) is 29.4 Å². The molecule has 1 aliphatic heterocycles. The number of aromatic nitrogens is 2. The van der Waals surface area contributed by atoms with Crippen molar-refractivity contribution in [3.63, 3.8) is 0 Å². The number of aryl methyl sites for hydroxylation is 1. The van der Waals surface area contributed by atoms with Crippen molar-refractivity contribution in [2.75, 3.05) is 11.9 Å². The first-order valence-electron chi connectivity index (χ1n) is 5.79. The smallest absolute Gasteiger partial charge is 0.207 e. The molecule has 0 amide bonds. The SMILES string of the molecule is Clc1nnc(COc2cccc3c2NCCC3)s1. The largest absolute Gasteiger partial charge is 0.484 e. The fourth-order valence-corrected chi connectivity index (χ4v) is 2.81. The molecule has 1 aromatic heterocycles. The van der Waals surface area contributed by atoms with E-state index in [0.29, 0.717) is 11.1 Å². The molecule has 0 fully saturated rings. The van der Waals surface area contributed by atoms with Gasteiger partial charge in [0.2, 0.25) is 4.47 Å². The minimum atomic E-state index is 0.405. The van der Waals surface area contributed by atoms with Crippen molar-refractivity contribution < 1.29 is 4.74 Å². The van der Waals surface area contributed by atoms with Crippen molar-refractivity contribution in [1.29, 1.82) is 0 Å². The first kappa shape index (κ1) is 11.7. The lowest BCUT2D eigenvalue weighted by Crippen LogP contribution is -2.13. The van der Waals surface area contributed by atoms with Gasteiger partial charge < -0.3 is 10.1 Å². The summed E-state index contributed by atoms with van der Waals surface area (Å²) in [6.07, 6.45) is 2.27. The first-order chi connectivity index (χ1) is 8.83. The second kappa shape index (κ2) is 5.12. The third-order valence-electron chi connectivity index (χ3n) is 2.83. The highest BCUT2D eigenvalue weighted by Crippen LogP contribution is 2.32. The number of para-hydroxylation sites is 1. The number of hydrogen-bond acceptors (Lipinski definition) is 5. The number of halogens is 1. The zero-order valence-electron chi connectivity index (χ0n) is 9.65. The fourth-order valence-electron chi connectivity index (χ4n) is 2.03.